The molecule has 3 rings (SSSR count). The Morgan fingerprint density at radius 3 is 2.61 bits per heavy atom. The Kier molecular flexibility index (Phi) is 8.73. The van der Waals surface area contributed by atoms with Crippen LogP contribution in [0.5, 0.6) is 5.75 Å². The van der Waals surface area contributed by atoms with Crippen LogP contribution in [0.15, 0.2) is 30.3 Å². The summed E-state index contributed by atoms with van der Waals surface area (Å²) in [6, 6.07) is 6.04. The SMILES string of the molecule is CC(C)OC(=O)[C@H](C)N[P@](=O)(OC[C@H]1O[C@@H](N2CCC(=O)NC2=O)[C@](C)(F)[C@@H]1O)Oc1ccccc1. The number of alkyl halides is 1. The van der Waals surface area contributed by atoms with Crippen molar-refractivity contribution in [3.8, 4) is 5.75 Å². The molecular formula is C22H31FN3O9P. The number of carbonyl (C=O) groups excluding carboxylic acids is 3. The van der Waals surface area contributed by atoms with Crippen molar-refractivity contribution >= 4 is 25.7 Å². The van der Waals surface area contributed by atoms with Crippen molar-refractivity contribution < 1.29 is 47.0 Å². The van der Waals surface area contributed by atoms with Gasteiger partial charge >= 0.3 is 19.7 Å². The Morgan fingerprint density at radius 1 is 1.33 bits per heavy atom. The lowest BCUT2D eigenvalue weighted by Crippen LogP contribution is -2.59. The van der Waals surface area contributed by atoms with Gasteiger partial charge in [-0.3, -0.25) is 24.3 Å². The molecule has 200 valence electrons. The lowest BCUT2D eigenvalue weighted by Gasteiger charge is -2.35. The van der Waals surface area contributed by atoms with Crippen molar-refractivity contribution in [1.29, 1.82) is 0 Å². The Bertz CT molecular complexity index is 1010. The maximum absolute atomic E-state index is 15.5. The fourth-order valence-corrected chi connectivity index (χ4v) is 5.20. The standard InChI is InChI=1S/C22H31FN3O9P/c1-13(2)33-19(29)14(3)25-36(31,35-15-8-6-5-7-9-15)32-12-16-18(28)22(4,23)20(34-16)26-11-10-17(27)24-21(26)30/h5-9,13-14,16,18,20,28H,10-12H2,1-4H3,(H,25,31)(H,24,27,30)/t14-,16+,18+,20+,22+,36-/m0/s1. The van der Waals surface area contributed by atoms with Gasteiger partial charge < -0.3 is 19.1 Å². The second-order valence-corrected chi connectivity index (χ2v) is 10.6. The van der Waals surface area contributed by atoms with Gasteiger partial charge in [-0.2, -0.15) is 5.09 Å². The van der Waals surface area contributed by atoms with Crippen LogP contribution in [0.2, 0.25) is 0 Å². The molecule has 14 heteroatoms. The van der Waals surface area contributed by atoms with Crippen molar-refractivity contribution in [1.82, 2.24) is 15.3 Å². The minimum Gasteiger partial charge on any atom is -0.462 e. The molecule has 0 radical (unpaired) electrons. The van der Waals surface area contributed by atoms with E-state index in [2.05, 4.69) is 10.4 Å². The number of nitrogens with zero attached hydrogens (tertiary/aromatic N) is 1. The van der Waals surface area contributed by atoms with E-state index in [-0.39, 0.29) is 18.7 Å². The molecule has 12 nitrogen and oxygen atoms in total. The van der Waals surface area contributed by atoms with Crippen LogP contribution in [0.25, 0.3) is 0 Å². The maximum Gasteiger partial charge on any atom is 0.459 e. The van der Waals surface area contributed by atoms with Crippen molar-refractivity contribution in [2.75, 3.05) is 13.2 Å². The summed E-state index contributed by atoms with van der Waals surface area (Å²) < 4.78 is 50.7. The number of aliphatic hydroxyl groups is 1. The van der Waals surface area contributed by atoms with Gasteiger partial charge in [0, 0.05) is 13.0 Å². The minimum atomic E-state index is -4.29. The summed E-state index contributed by atoms with van der Waals surface area (Å²) in [6.45, 7) is 5.04. The summed E-state index contributed by atoms with van der Waals surface area (Å²) in [7, 11) is -4.29. The Labute approximate surface area is 208 Å². The molecule has 3 N–H and O–H groups in total. The number of carbonyl (C=O) groups is 3. The molecule has 2 saturated heterocycles. The summed E-state index contributed by atoms with van der Waals surface area (Å²) in [5, 5.41) is 15.1. The number of aliphatic hydroxyl groups excluding tert-OH is 1. The average Bonchev–Trinajstić information content (AvgIpc) is 3.01. The number of hydrogen-bond donors (Lipinski definition) is 3. The molecule has 2 aliphatic heterocycles. The van der Waals surface area contributed by atoms with Crippen LogP contribution in [-0.4, -0.2) is 77.3 Å². The van der Waals surface area contributed by atoms with Crippen molar-refractivity contribution in [3.63, 3.8) is 0 Å². The average molecular weight is 531 g/mol. The first-order valence-electron chi connectivity index (χ1n) is 11.4. The molecular weight excluding hydrogens is 500 g/mol. The first-order valence-corrected chi connectivity index (χ1v) is 13.0. The molecule has 0 aliphatic carbocycles. The van der Waals surface area contributed by atoms with Crippen LogP contribution in [0.1, 0.15) is 34.1 Å². The van der Waals surface area contributed by atoms with Crippen molar-refractivity contribution in [2.24, 2.45) is 0 Å². The Hall–Kier alpha value is -2.57. The first kappa shape index (κ1) is 28.0. The molecule has 3 amide bonds. The van der Waals surface area contributed by atoms with E-state index in [4.69, 9.17) is 18.5 Å². The number of urea groups is 1. The molecule has 2 heterocycles. The predicted octanol–water partition coefficient (Wildman–Crippen LogP) is 1.88. The fraction of sp³-hybridized carbons (Fsp3) is 0.591. The Balaban J connectivity index is 1.74. The van der Waals surface area contributed by atoms with Gasteiger partial charge in [-0.15, -0.1) is 0 Å². The molecule has 1 aromatic rings. The van der Waals surface area contributed by atoms with Gasteiger partial charge in [0.2, 0.25) is 5.91 Å². The predicted molar refractivity (Wildman–Crippen MR) is 123 cm³/mol. The molecule has 6 atom stereocenters. The van der Waals surface area contributed by atoms with Crippen molar-refractivity contribution in [3.05, 3.63) is 30.3 Å². The highest BCUT2D eigenvalue weighted by molar-refractivity contribution is 7.52. The number of rotatable bonds is 10. The van der Waals surface area contributed by atoms with Crippen LogP contribution in [0.3, 0.4) is 0 Å². The van der Waals surface area contributed by atoms with Crippen molar-refractivity contribution in [2.45, 2.75) is 70.4 Å². The normalized spacial score (nSPS) is 29.0. The van der Waals surface area contributed by atoms with Gasteiger partial charge in [-0.05, 0) is 39.8 Å². The van der Waals surface area contributed by atoms with Crippen LogP contribution < -0.4 is 14.9 Å². The number of para-hydroxylation sites is 1. The molecule has 36 heavy (non-hydrogen) atoms. The first-order chi connectivity index (χ1) is 16.8. The van der Waals surface area contributed by atoms with Crippen LogP contribution in [0, 0.1) is 0 Å². The second-order valence-electron chi connectivity index (χ2n) is 8.95. The van der Waals surface area contributed by atoms with Crippen LogP contribution in [0.4, 0.5) is 9.18 Å². The summed E-state index contributed by atoms with van der Waals surface area (Å²) >= 11 is 0. The van der Waals surface area contributed by atoms with Gasteiger partial charge in [-0.1, -0.05) is 18.2 Å². The lowest BCUT2D eigenvalue weighted by molar-refractivity contribution is -0.149. The molecule has 2 fully saturated rings. The van der Waals surface area contributed by atoms with E-state index < -0.39 is 68.5 Å². The number of benzene rings is 1. The number of amides is 3. The topological polar surface area (TPSA) is 153 Å². The largest absolute Gasteiger partial charge is 0.462 e. The zero-order valence-electron chi connectivity index (χ0n) is 20.4. The molecule has 0 unspecified atom stereocenters. The van der Waals surface area contributed by atoms with E-state index in [0.717, 1.165) is 11.8 Å². The fourth-order valence-electron chi connectivity index (χ4n) is 3.70. The maximum atomic E-state index is 15.5. The van der Waals surface area contributed by atoms with E-state index in [1.807, 2.05) is 0 Å². The molecule has 2 aliphatic rings. The van der Waals surface area contributed by atoms with Gasteiger partial charge in [0.15, 0.2) is 11.9 Å². The number of ether oxygens (including phenoxy) is 2. The van der Waals surface area contributed by atoms with Gasteiger partial charge in [-0.25, -0.2) is 13.8 Å². The highest BCUT2D eigenvalue weighted by atomic mass is 31.2. The third-order valence-electron chi connectivity index (χ3n) is 5.52. The molecule has 0 bridgehead atoms. The number of imide groups is 1. The summed E-state index contributed by atoms with van der Waals surface area (Å²) in [5.74, 6) is -1.05. The van der Waals surface area contributed by atoms with Gasteiger partial charge in [0.05, 0.1) is 12.7 Å². The van der Waals surface area contributed by atoms with E-state index in [0.29, 0.717) is 0 Å². The third-order valence-corrected chi connectivity index (χ3v) is 7.17. The van der Waals surface area contributed by atoms with E-state index in [9.17, 15) is 24.1 Å². The number of esters is 1. The third kappa shape index (κ3) is 6.60. The Morgan fingerprint density at radius 2 is 2.00 bits per heavy atom. The highest BCUT2D eigenvalue weighted by Gasteiger charge is 2.58. The molecule has 0 saturated carbocycles. The monoisotopic (exact) mass is 531 g/mol. The summed E-state index contributed by atoms with van der Waals surface area (Å²) in [6.07, 6.45) is -5.14. The lowest BCUT2D eigenvalue weighted by atomic mass is 9.97. The van der Waals surface area contributed by atoms with Gasteiger partial charge in [0.1, 0.15) is 24.0 Å². The number of hydrogen-bond acceptors (Lipinski definition) is 9. The highest BCUT2D eigenvalue weighted by Crippen LogP contribution is 2.46. The number of halogens is 1. The quantitative estimate of drug-likeness (QED) is 0.301. The number of nitrogens with one attached hydrogen (secondary N) is 2. The van der Waals surface area contributed by atoms with Crippen LogP contribution >= 0.6 is 7.75 Å². The van der Waals surface area contributed by atoms with Crippen LogP contribution in [-0.2, 0) is 28.2 Å². The van der Waals surface area contributed by atoms with Gasteiger partial charge in [0.25, 0.3) is 0 Å². The van der Waals surface area contributed by atoms with E-state index in [1.165, 1.54) is 19.1 Å². The smallest absolute Gasteiger partial charge is 0.459 e. The molecule has 0 aromatic heterocycles. The zero-order chi connectivity index (χ0) is 26.7. The molecule has 0 spiro atoms. The molecule has 1 aromatic carbocycles. The zero-order valence-corrected chi connectivity index (χ0v) is 21.3. The van der Waals surface area contributed by atoms with E-state index >= 15 is 4.39 Å². The summed E-state index contributed by atoms with van der Waals surface area (Å²) in [5.41, 5.74) is -2.43. The summed E-state index contributed by atoms with van der Waals surface area (Å²) in [4.78, 5) is 36.8. The minimum absolute atomic E-state index is 0.0622. The second kappa shape index (κ2) is 11.2. The van der Waals surface area contributed by atoms with E-state index in [1.54, 1.807) is 32.0 Å².